The number of nitrogens with zero attached hydrogens (tertiary/aromatic N) is 3. The molecule has 0 bridgehead atoms. The van der Waals surface area contributed by atoms with Crippen LogP contribution in [0.4, 0.5) is 22.2 Å². The summed E-state index contributed by atoms with van der Waals surface area (Å²) in [6, 6.07) is 11.9. The first-order chi connectivity index (χ1) is 17.3. The molecule has 0 radical (unpaired) electrons. The van der Waals surface area contributed by atoms with E-state index in [9.17, 15) is 14.1 Å². The van der Waals surface area contributed by atoms with Crippen LogP contribution >= 0.6 is 0 Å². The van der Waals surface area contributed by atoms with Crippen LogP contribution in [0, 0.1) is 0 Å². The van der Waals surface area contributed by atoms with Gasteiger partial charge in [0.25, 0.3) is 0 Å². The number of hydrogen-bond acceptors (Lipinski definition) is 10. The molecule has 0 saturated carbocycles. The number of benzene rings is 2. The zero-order valence-electron chi connectivity index (χ0n) is 20.1. The lowest BCUT2D eigenvalue weighted by molar-refractivity contribution is 0.164. The maximum Gasteiger partial charge on any atom is 0.442 e. The van der Waals surface area contributed by atoms with Crippen LogP contribution in [0.15, 0.2) is 57.9 Å². The van der Waals surface area contributed by atoms with Gasteiger partial charge in [-0.15, -0.1) is 4.36 Å². The highest BCUT2D eigenvalue weighted by Gasteiger charge is 2.18. The van der Waals surface area contributed by atoms with Crippen molar-refractivity contribution in [2.45, 2.75) is 32.2 Å². The summed E-state index contributed by atoms with van der Waals surface area (Å²) >= 11 is 0. The number of fused-ring (bicyclic) bond motifs is 1. The molecular formula is C25H31N5O6S. The van der Waals surface area contributed by atoms with E-state index in [1.54, 1.807) is 37.4 Å². The molecule has 1 aliphatic rings. The van der Waals surface area contributed by atoms with E-state index in [4.69, 9.17) is 14.2 Å². The van der Waals surface area contributed by atoms with Gasteiger partial charge in [0.15, 0.2) is 11.5 Å². The molecule has 2 aromatic carbocycles. The Morgan fingerprint density at radius 1 is 1.22 bits per heavy atom. The summed E-state index contributed by atoms with van der Waals surface area (Å²) in [4.78, 5) is 21.1. The van der Waals surface area contributed by atoms with Crippen molar-refractivity contribution in [3.05, 3.63) is 48.7 Å². The van der Waals surface area contributed by atoms with E-state index >= 15 is 0 Å². The Morgan fingerprint density at radius 3 is 2.65 bits per heavy atom. The van der Waals surface area contributed by atoms with Gasteiger partial charge in [-0.3, -0.25) is 0 Å². The summed E-state index contributed by atoms with van der Waals surface area (Å²) in [7, 11) is -2.95. The molecule has 1 aromatic heterocycles. The van der Waals surface area contributed by atoms with Crippen molar-refractivity contribution >= 4 is 33.3 Å². The Labute approximate surface area is 216 Å². The van der Waals surface area contributed by atoms with Crippen molar-refractivity contribution in [2.24, 2.45) is 4.36 Å². The summed E-state index contributed by atoms with van der Waals surface area (Å²) in [5, 5.41) is 15.9. The molecule has 1 unspecified atom stereocenters. The minimum absolute atomic E-state index is 0. The lowest BCUT2D eigenvalue weighted by atomic mass is 10.1. The number of rotatable bonds is 8. The standard InChI is InChI=1S/C24H27N5O6S.CH4/c1-4-33-24(31)29-36(3,32)18-8-6-17(7-9-18)27-23-25-12-19(22(28-23)26-15(2)13-30)16-5-10-20-21(11-16)35-14-34-20;/h5-12,15,30H,4,13-14H2,1-3H3,(H2,25,26,27,28);1H4/t15-,36?;/m1./s1. The SMILES string of the molecule is C.CCOC(=O)N=S(C)(=O)c1ccc(Nc2ncc(-c3ccc4c(c3)OCO4)c(N[C@H](C)CO)n2)cc1. The van der Waals surface area contributed by atoms with Gasteiger partial charge in [0.05, 0.1) is 22.9 Å². The highest BCUT2D eigenvalue weighted by atomic mass is 32.2. The number of aliphatic hydroxyl groups is 1. The summed E-state index contributed by atoms with van der Waals surface area (Å²) < 4.78 is 32.1. The number of aliphatic hydroxyl groups excluding tert-OH is 1. The fourth-order valence-corrected chi connectivity index (χ4v) is 4.45. The van der Waals surface area contributed by atoms with E-state index in [-0.39, 0.29) is 33.5 Å². The van der Waals surface area contributed by atoms with E-state index in [1.165, 1.54) is 6.26 Å². The van der Waals surface area contributed by atoms with Crippen molar-refractivity contribution in [3.63, 3.8) is 0 Å². The smallest absolute Gasteiger partial charge is 0.442 e. The van der Waals surface area contributed by atoms with E-state index < -0.39 is 15.8 Å². The third kappa shape index (κ3) is 6.66. The molecule has 0 spiro atoms. The van der Waals surface area contributed by atoms with Crippen molar-refractivity contribution in [1.29, 1.82) is 0 Å². The third-order valence-corrected chi connectivity index (χ3v) is 6.84. The molecular weight excluding hydrogens is 498 g/mol. The number of hydrogen-bond donors (Lipinski definition) is 3. The van der Waals surface area contributed by atoms with Gasteiger partial charge in [-0.05, 0) is 55.8 Å². The molecule has 37 heavy (non-hydrogen) atoms. The zero-order valence-corrected chi connectivity index (χ0v) is 20.9. The van der Waals surface area contributed by atoms with Crippen LogP contribution < -0.4 is 20.1 Å². The van der Waals surface area contributed by atoms with Gasteiger partial charge in [-0.2, -0.15) is 4.98 Å². The molecule has 0 fully saturated rings. The molecule has 1 aliphatic heterocycles. The maximum absolute atomic E-state index is 12.8. The number of carbonyl (C=O) groups is 1. The predicted octanol–water partition coefficient (Wildman–Crippen LogP) is 4.66. The first-order valence-corrected chi connectivity index (χ1v) is 13.1. The van der Waals surface area contributed by atoms with Crippen molar-refractivity contribution in [1.82, 2.24) is 9.97 Å². The van der Waals surface area contributed by atoms with Crippen molar-refractivity contribution in [3.8, 4) is 22.6 Å². The normalized spacial score (nSPS) is 14.1. The highest BCUT2D eigenvalue weighted by molar-refractivity contribution is 7.93. The fraction of sp³-hybridized carbons (Fsp3) is 0.320. The quantitative estimate of drug-likeness (QED) is 0.377. The topological polar surface area (TPSA) is 144 Å². The monoisotopic (exact) mass is 529 g/mol. The van der Waals surface area contributed by atoms with Gasteiger partial charge >= 0.3 is 6.09 Å². The van der Waals surface area contributed by atoms with Crippen molar-refractivity contribution in [2.75, 3.05) is 36.9 Å². The second kappa shape index (κ2) is 11.9. The summed E-state index contributed by atoms with van der Waals surface area (Å²) in [6.07, 6.45) is 2.19. The van der Waals surface area contributed by atoms with Gasteiger partial charge < -0.3 is 30.0 Å². The molecule has 2 heterocycles. The maximum atomic E-state index is 12.8. The Morgan fingerprint density at radius 2 is 1.95 bits per heavy atom. The number of carbonyl (C=O) groups excluding carboxylic acids is 1. The molecule has 4 rings (SSSR count). The summed E-state index contributed by atoms with van der Waals surface area (Å²) in [5.41, 5.74) is 2.19. The van der Waals surface area contributed by atoms with Crippen LogP contribution in [0.25, 0.3) is 11.1 Å². The summed E-state index contributed by atoms with van der Waals surface area (Å²) in [5.74, 6) is 2.14. The molecule has 2 atom stereocenters. The van der Waals surface area contributed by atoms with Gasteiger partial charge in [0.1, 0.15) is 5.82 Å². The number of aromatic nitrogens is 2. The minimum Gasteiger partial charge on any atom is -0.454 e. The molecule has 0 saturated heterocycles. The second-order valence-corrected chi connectivity index (χ2v) is 10.3. The van der Waals surface area contributed by atoms with Crippen molar-refractivity contribution < 1.29 is 28.3 Å². The molecule has 3 N–H and O–H groups in total. The average molecular weight is 530 g/mol. The molecule has 1 amide bonds. The van der Waals surface area contributed by atoms with E-state index in [0.29, 0.717) is 33.8 Å². The average Bonchev–Trinajstić information content (AvgIpc) is 3.32. The molecule has 11 nitrogen and oxygen atoms in total. The molecule has 0 aliphatic carbocycles. The number of nitrogens with one attached hydrogen (secondary N) is 2. The molecule has 3 aromatic rings. The van der Waals surface area contributed by atoms with Crippen LogP contribution in [0.1, 0.15) is 21.3 Å². The fourth-order valence-electron chi connectivity index (χ4n) is 3.37. The van der Waals surface area contributed by atoms with E-state index in [2.05, 4.69) is 25.0 Å². The second-order valence-electron chi connectivity index (χ2n) is 7.99. The van der Waals surface area contributed by atoms with Crippen LogP contribution in [-0.2, 0) is 14.5 Å². The lowest BCUT2D eigenvalue weighted by Gasteiger charge is -2.17. The zero-order chi connectivity index (χ0) is 25.7. The van der Waals surface area contributed by atoms with Crippen LogP contribution in [0.5, 0.6) is 11.5 Å². The Kier molecular flexibility index (Phi) is 8.90. The van der Waals surface area contributed by atoms with E-state index in [0.717, 1.165) is 11.1 Å². The number of anilines is 3. The third-order valence-electron chi connectivity index (χ3n) is 5.19. The first-order valence-electron chi connectivity index (χ1n) is 11.2. The predicted molar refractivity (Wildman–Crippen MR) is 142 cm³/mol. The Balaban J connectivity index is 0.00000380. The molecule has 12 heteroatoms. The minimum atomic E-state index is -2.95. The Hall–Kier alpha value is -3.90. The van der Waals surface area contributed by atoms with Gasteiger partial charge in [0, 0.05) is 34.6 Å². The lowest BCUT2D eigenvalue weighted by Crippen LogP contribution is -2.21. The van der Waals surface area contributed by atoms with E-state index in [1.807, 2.05) is 25.1 Å². The number of ether oxygens (including phenoxy) is 3. The van der Waals surface area contributed by atoms with Crippen LogP contribution in [0.3, 0.4) is 0 Å². The van der Waals surface area contributed by atoms with Gasteiger partial charge in [-0.25, -0.2) is 14.0 Å². The highest BCUT2D eigenvalue weighted by Crippen LogP contribution is 2.37. The van der Waals surface area contributed by atoms with Crippen LogP contribution in [0.2, 0.25) is 0 Å². The first kappa shape index (κ1) is 27.7. The van der Waals surface area contributed by atoms with Gasteiger partial charge in [0.2, 0.25) is 12.7 Å². The molecule has 198 valence electrons. The van der Waals surface area contributed by atoms with Gasteiger partial charge in [-0.1, -0.05) is 13.5 Å². The Bertz CT molecular complexity index is 1370. The summed E-state index contributed by atoms with van der Waals surface area (Å²) in [6.45, 7) is 3.74. The largest absolute Gasteiger partial charge is 0.454 e. The number of amides is 1. The van der Waals surface area contributed by atoms with Crippen LogP contribution in [-0.4, -0.2) is 57.7 Å².